The first-order valence-corrected chi connectivity index (χ1v) is 44.6. The van der Waals surface area contributed by atoms with Gasteiger partial charge in [0.15, 0.2) is 43.7 Å². The molecule has 12 bridgehead atoms. The van der Waals surface area contributed by atoms with E-state index in [0.29, 0.717) is 45.1 Å². The normalized spacial score (nSPS) is 34.9. The van der Waals surface area contributed by atoms with E-state index in [1.807, 2.05) is 90.0 Å². The van der Waals surface area contributed by atoms with Gasteiger partial charge in [-0.25, -0.2) is 9.59 Å². The van der Waals surface area contributed by atoms with Gasteiger partial charge in [-0.3, -0.25) is 62.3 Å². The molecular weight excluding hydrogens is 1660 g/mol. The van der Waals surface area contributed by atoms with Crippen molar-refractivity contribution in [1.82, 2.24) is 0 Å². The second-order valence-corrected chi connectivity index (χ2v) is 38.2. The van der Waals surface area contributed by atoms with E-state index in [1.54, 1.807) is 27.7 Å². The van der Waals surface area contributed by atoms with E-state index in [4.69, 9.17) is 104 Å². The van der Waals surface area contributed by atoms with E-state index in [2.05, 4.69) is 0 Å². The van der Waals surface area contributed by atoms with Crippen LogP contribution in [-0.4, -0.2) is 272 Å². The summed E-state index contributed by atoms with van der Waals surface area (Å²) in [6.07, 6.45) is 5.03. The Morgan fingerprint density at radius 3 is 1.22 bits per heavy atom. The van der Waals surface area contributed by atoms with Gasteiger partial charge in [0.05, 0.1) is 127 Å². The van der Waals surface area contributed by atoms with Crippen molar-refractivity contribution in [3.8, 4) is 0 Å². The summed E-state index contributed by atoms with van der Waals surface area (Å²) >= 11 is 0. The van der Waals surface area contributed by atoms with Crippen molar-refractivity contribution in [3.05, 3.63) is 0 Å². The predicted molar refractivity (Wildman–Crippen MR) is 425 cm³/mol. The zero-order chi connectivity index (χ0) is 92.3. The fraction of sp³-hybridized carbons (Fsp3) is 0.831. The summed E-state index contributed by atoms with van der Waals surface area (Å²) in [5.41, 5.74) is -2.81. The third kappa shape index (κ3) is 21.1. The highest BCUT2D eigenvalue weighted by molar-refractivity contribution is 5.89. The first kappa shape index (κ1) is 98.4. The molecule has 37 heteroatoms. The highest BCUT2D eigenvalue weighted by atomic mass is 16.7. The number of hydrogen-bond donors (Lipinski definition) is 0. The summed E-state index contributed by atoms with van der Waals surface area (Å²) in [6.45, 7) is 31.1. The number of esters is 15. The van der Waals surface area contributed by atoms with E-state index < -0.39 is 148 Å². The first-order valence-electron chi connectivity index (χ1n) is 44.6. The number of carbonyl (C=O) groups excluding carboxylic acids is 15. The lowest BCUT2D eigenvalue weighted by atomic mass is 9.74. The van der Waals surface area contributed by atoms with Crippen LogP contribution in [0.4, 0.5) is 0 Å². The minimum absolute atomic E-state index is 0.0386. The van der Waals surface area contributed by atoms with Crippen molar-refractivity contribution < 1.29 is 176 Å². The van der Waals surface area contributed by atoms with Gasteiger partial charge in [-0.05, 0) is 146 Å². The average Bonchev–Trinajstić information content (AvgIpc) is 1.55. The minimum Gasteiger partial charge on any atom is -0.469 e. The molecule has 29 atom stereocenters. The minimum atomic E-state index is -0.933. The molecule has 29 unspecified atom stereocenters. The van der Waals surface area contributed by atoms with Crippen LogP contribution in [0.3, 0.4) is 0 Å². The largest absolute Gasteiger partial charge is 0.469 e. The fourth-order valence-electron chi connectivity index (χ4n) is 17.9. The Balaban J connectivity index is 0.000000147. The van der Waals surface area contributed by atoms with Crippen LogP contribution in [0, 0.1) is 74.4 Å². The molecule has 126 heavy (non-hydrogen) atoms. The maximum absolute atomic E-state index is 12.1. The van der Waals surface area contributed by atoms with E-state index in [-0.39, 0.29) is 184 Å². The van der Waals surface area contributed by atoms with Gasteiger partial charge in [0.1, 0.15) is 92.5 Å². The van der Waals surface area contributed by atoms with Crippen LogP contribution >= 0.6 is 0 Å². The van der Waals surface area contributed by atoms with Crippen LogP contribution in [0.15, 0.2) is 0 Å². The standard InChI is InChI=1S/C17H22O9.C16H22O7.C15H22O6.C15H24O5.C14H22O5.C12H16O5/c1-5-17(2,3)16(21)23-6-7(18)24-12-10-8(14(19)22-4)9-11(25-10)13(12)26-15(9)20;1-5-16(2,3)15(19)21-6-7-10-8(13(17)20-4)9-12(22-10)11(7)23-14(9)18;1-4-15(2,3)14(17)19-6-5-18-11-9-7-8-10(20-9)12(11)21-13(8)16;1-4-15(2,3)14(17)18-8-7-13(16)20-12-9-10-5-6-11(12)19-10;1-4-14(2,3)13(16)17-8-12(15)19-11-7-9-5-6-10(11)18-9;1-3-5(2)11(13)16-9-7-4-6-8(15-7)10(9)17-12(6)14/h8-13H,5-6H2,1-4H3;7-12H,5-6H2,1-4H3;8-12H,4-7H2,1-3H3;10-12H,4-9H2,1-3H3;9-11H,4-8H2,1-3H3;5-10H,3-4H2,1-2H3. The lowest BCUT2D eigenvalue weighted by molar-refractivity contribution is -0.173. The van der Waals surface area contributed by atoms with Crippen molar-refractivity contribution in [1.29, 1.82) is 0 Å². The van der Waals surface area contributed by atoms with Gasteiger partial charge in [0, 0.05) is 12.8 Å². The SMILES string of the molecule is CCC(C)(C)C(=O)OCC(=O)OC1C2OC(=O)C3C2OC1C3C(=O)OC.CCC(C)(C)C(=O)OCC(=O)OC1CC2CCC1O2.CCC(C)(C)C(=O)OCC1C2OC(=O)C3C2OC1C3C(=O)OC.CCC(C)(C)C(=O)OCCC(=O)OC1CC2CCC1O2.CCC(C)(C)C(=O)OCCOC1C2CC3C(=O)OC1C3O2.CCC(C)C(=O)OC1C2CC3C(=O)OC1C3O2. The number of fused-ring (bicyclic) bond motifs is 8. The lowest BCUT2D eigenvalue weighted by Crippen LogP contribution is -2.48. The van der Waals surface area contributed by atoms with Crippen molar-refractivity contribution in [2.45, 2.75) is 342 Å². The van der Waals surface area contributed by atoms with Gasteiger partial charge < -0.3 is 104 Å². The van der Waals surface area contributed by atoms with Crippen LogP contribution in [0.5, 0.6) is 0 Å². The van der Waals surface area contributed by atoms with Gasteiger partial charge in [0.25, 0.3) is 0 Å². The molecule has 16 fully saturated rings. The van der Waals surface area contributed by atoms with Gasteiger partial charge in [0.2, 0.25) is 0 Å². The van der Waals surface area contributed by atoms with Gasteiger partial charge in [-0.2, -0.15) is 0 Å². The molecule has 0 N–H and O–H groups in total. The van der Waals surface area contributed by atoms with Gasteiger partial charge >= 0.3 is 89.5 Å². The molecule has 0 spiro atoms. The predicted octanol–water partition coefficient (Wildman–Crippen LogP) is 6.45. The molecule has 0 aliphatic carbocycles. The molecule has 16 rings (SSSR count). The van der Waals surface area contributed by atoms with Crippen molar-refractivity contribution >= 4 is 89.5 Å². The van der Waals surface area contributed by atoms with Crippen LogP contribution in [0.1, 0.15) is 214 Å². The number of carbonyl (C=O) groups is 15. The van der Waals surface area contributed by atoms with Crippen molar-refractivity contribution in [3.63, 3.8) is 0 Å². The average molecular weight is 1790 g/mol. The topological polar surface area (TPSA) is 459 Å². The zero-order valence-corrected chi connectivity index (χ0v) is 75.7. The van der Waals surface area contributed by atoms with Crippen molar-refractivity contribution in [2.75, 3.05) is 53.9 Å². The molecule has 16 aliphatic rings. The second-order valence-electron chi connectivity index (χ2n) is 38.2. The molecule has 0 aromatic rings. The molecular formula is C89H128O37. The fourth-order valence-corrected chi connectivity index (χ4v) is 17.9. The summed E-state index contributed by atoms with van der Waals surface area (Å²) in [5, 5.41) is 0. The Bertz CT molecular complexity index is 4010. The summed E-state index contributed by atoms with van der Waals surface area (Å²) in [7, 11) is 2.49. The lowest BCUT2D eigenvalue weighted by Gasteiger charge is -2.28. The summed E-state index contributed by atoms with van der Waals surface area (Å²) in [4.78, 5) is 178. The molecule has 16 aliphatic heterocycles. The molecule has 0 aromatic heterocycles. The quantitative estimate of drug-likeness (QED) is 0.0408. The summed E-state index contributed by atoms with van der Waals surface area (Å²) < 4.78 is 118. The van der Waals surface area contributed by atoms with E-state index in [1.165, 1.54) is 14.2 Å². The number of ether oxygens (including phenoxy) is 22. The first-order chi connectivity index (χ1) is 59.4. The highest BCUT2D eigenvalue weighted by Gasteiger charge is 2.74. The Morgan fingerprint density at radius 2 is 0.770 bits per heavy atom. The van der Waals surface area contributed by atoms with E-state index in [0.717, 1.165) is 51.4 Å². The molecule has 0 amide bonds. The Hall–Kier alpha value is -8.23. The zero-order valence-electron chi connectivity index (χ0n) is 75.7. The molecule has 16 heterocycles. The van der Waals surface area contributed by atoms with Crippen LogP contribution < -0.4 is 0 Å². The monoisotopic (exact) mass is 1790 g/mol. The van der Waals surface area contributed by atoms with Crippen molar-refractivity contribution in [2.24, 2.45) is 74.4 Å². The molecule has 0 aromatic carbocycles. The van der Waals surface area contributed by atoms with Gasteiger partial charge in [-0.1, -0.05) is 48.5 Å². The molecule has 706 valence electrons. The Morgan fingerprint density at radius 1 is 0.373 bits per heavy atom. The van der Waals surface area contributed by atoms with E-state index in [9.17, 15) is 71.9 Å². The summed E-state index contributed by atoms with van der Waals surface area (Å²) in [5.74, 6) is -9.55. The maximum atomic E-state index is 12.1. The Kier molecular flexibility index (Phi) is 31.6. The molecule has 37 nitrogen and oxygen atoms in total. The Labute approximate surface area is 733 Å². The maximum Gasteiger partial charge on any atom is 0.344 e. The number of hydrogen-bond acceptors (Lipinski definition) is 37. The molecule has 16 saturated heterocycles. The van der Waals surface area contributed by atoms with Crippen LogP contribution in [-0.2, 0) is 176 Å². The number of methoxy groups -OCH3 is 2. The highest BCUT2D eigenvalue weighted by Crippen LogP contribution is 2.55. The molecule has 0 radical (unpaired) electrons. The van der Waals surface area contributed by atoms with Crippen LogP contribution in [0.25, 0.3) is 0 Å². The van der Waals surface area contributed by atoms with Gasteiger partial charge in [-0.15, -0.1) is 0 Å². The smallest absolute Gasteiger partial charge is 0.344 e. The third-order valence-corrected chi connectivity index (χ3v) is 28.1. The van der Waals surface area contributed by atoms with E-state index >= 15 is 0 Å². The third-order valence-electron chi connectivity index (χ3n) is 28.1. The number of rotatable bonds is 31. The molecule has 0 saturated carbocycles. The summed E-state index contributed by atoms with van der Waals surface area (Å²) in [6, 6.07) is 0. The second kappa shape index (κ2) is 40.4. The van der Waals surface area contributed by atoms with Crippen LogP contribution in [0.2, 0.25) is 0 Å².